The van der Waals surface area contributed by atoms with Gasteiger partial charge in [0.05, 0.1) is 7.11 Å². The molecule has 7 heteroatoms. The Bertz CT molecular complexity index is 412. The Balaban J connectivity index is 1.96. The van der Waals surface area contributed by atoms with E-state index in [4.69, 9.17) is 16.4 Å². The van der Waals surface area contributed by atoms with E-state index < -0.39 is 0 Å². The quantitative estimate of drug-likeness (QED) is 0.870. The largest absolute Gasteiger partial charge is 0.351 e. The van der Waals surface area contributed by atoms with E-state index in [9.17, 15) is 0 Å². The van der Waals surface area contributed by atoms with Crippen molar-refractivity contribution in [2.24, 2.45) is 5.92 Å². The van der Waals surface area contributed by atoms with Crippen LogP contribution < -0.4 is 5.32 Å². The second-order valence-corrected chi connectivity index (χ2v) is 5.40. The summed E-state index contributed by atoms with van der Waals surface area (Å²) in [7, 11) is 1.73. The number of nitrogens with zero attached hydrogens (tertiary/aromatic N) is 4. The molecule has 0 radical (unpaired) electrons. The summed E-state index contributed by atoms with van der Waals surface area (Å²) >= 11 is 5.80. The van der Waals surface area contributed by atoms with Gasteiger partial charge in [0.2, 0.25) is 11.2 Å². The first-order valence-electron chi connectivity index (χ1n) is 7.13. The highest BCUT2D eigenvalue weighted by Crippen LogP contribution is 2.25. The maximum Gasteiger partial charge on any atom is 0.227 e. The van der Waals surface area contributed by atoms with E-state index in [1.54, 1.807) is 7.11 Å². The van der Waals surface area contributed by atoms with Crippen molar-refractivity contribution in [1.82, 2.24) is 20.0 Å². The summed E-state index contributed by atoms with van der Waals surface area (Å²) in [6.07, 6.45) is 5.89. The zero-order valence-electron chi connectivity index (χ0n) is 12.0. The fourth-order valence-electron chi connectivity index (χ4n) is 2.71. The van der Waals surface area contributed by atoms with Crippen molar-refractivity contribution >= 4 is 17.5 Å². The van der Waals surface area contributed by atoms with E-state index in [2.05, 4.69) is 27.2 Å². The van der Waals surface area contributed by atoms with Crippen molar-refractivity contribution < 1.29 is 4.84 Å². The van der Waals surface area contributed by atoms with Crippen LogP contribution in [-0.2, 0) is 4.84 Å². The number of rotatable bonds is 6. The zero-order chi connectivity index (χ0) is 14.4. The van der Waals surface area contributed by atoms with E-state index in [0.717, 1.165) is 38.8 Å². The highest BCUT2D eigenvalue weighted by Gasteiger charge is 2.26. The predicted octanol–water partition coefficient (Wildman–Crippen LogP) is 2.38. The maximum atomic E-state index is 5.80. The van der Waals surface area contributed by atoms with Crippen LogP contribution in [0.15, 0.2) is 6.33 Å². The van der Waals surface area contributed by atoms with Gasteiger partial charge in [-0.05, 0) is 36.8 Å². The molecule has 1 fully saturated rings. The number of anilines is 1. The summed E-state index contributed by atoms with van der Waals surface area (Å²) in [5.41, 5.74) is 0. The Morgan fingerprint density at radius 1 is 1.45 bits per heavy atom. The van der Waals surface area contributed by atoms with Crippen LogP contribution in [0.5, 0.6) is 0 Å². The van der Waals surface area contributed by atoms with Crippen molar-refractivity contribution in [3.05, 3.63) is 11.6 Å². The average Bonchev–Trinajstić information content (AvgIpc) is 2.47. The fourth-order valence-corrected chi connectivity index (χ4v) is 2.83. The first-order chi connectivity index (χ1) is 9.72. The summed E-state index contributed by atoms with van der Waals surface area (Å²) in [4.78, 5) is 17.3. The lowest BCUT2D eigenvalue weighted by Gasteiger charge is -2.35. The molecular weight excluding hydrogens is 278 g/mol. The molecule has 0 saturated carbocycles. The molecule has 1 unspecified atom stereocenters. The molecule has 1 atom stereocenters. The van der Waals surface area contributed by atoms with Gasteiger partial charge in [0.15, 0.2) is 0 Å². The molecule has 0 aliphatic carbocycles. The molecule has 1 aliphatic rings. The summed E-state index contributed by atoms with van der Waals surface area (Å²) in [5.74, 6) is 1.18. The van der Waals surface area contributed by atoms with Gasteiger partial charge >= 0.3 is 0 Å². The predicted molar refractivity (Wildman–Crippen MR) is 78.5 cm³/mol. The molecule has 1 aliphatic heterocycles. The summed E-state index contributed by atoms with van der Waals surface area (Å²) in [5, 5.41) is 5.66. The Morgan fingerprint density at radius 3 is 2.80 bits per heavy atom. The molecule has 0 bridgehead atoms. The van der Waals surface area contributed by atoms with Gasteiger partial charge in [-0.3, -0.25) is 0 Å². The van der Waals surface area contributed by atoms with E-state index >= 15 is 0 Å². The van der Waals surface area contributed by atoms with Crippen molar-refractivity contribution in [3.63, 3.8) is 0 Å². The van der Waals surface area contributed by atoms with Crippen molar-refractivity contribution in [2.45, 2.75) is 38.6 Å². The normalized spacial score (nSPS) is 18.9. The molecule has 1 N–H and O–H groups in total. The van der Waals surface area contributed by atoms with Crippen molar-refractivity contribution in [2.75, 3.05) is 25.5 Å². The number of hydrogen-bond acceptors (Lipinski definition) is 6. The Morgan fingerprint density at radius 2 is 2.20 bits per heavy atom. The lowest BCUT2D eigenvalue weighted by molar-refractivity contribution is -0.148. The third-order valence-electron chi connectivity index (χ3n) is 3.78. The van der Waals surface area contributed by atoms with Crippen LogP contribution in [0, 0.1) is 5.92 Å². The van der Waals surface area contributed by atoms with E-state index in [1.807, 2.05) is 5.06 Å². The Hall–Kier alpha value is -0.980. The maximum absolute atomic E-state index is 5.80. The van der Waals surface area contributed by atoms with Crippen LogP contribution in [0.1, 0.15) is 32.6 Å². The lowest BCUT2D eigenvalue weighted by Crippen LogP contribution is -2.40. The van der Waals surface area contributed by atoms with Gasteiger partial charge in [-0.25, -0.2) is 9.97 Å². The molecule has 20 heavy (non-hydrogen) atoms. The first kappa shape index (κ1) is 15.4. The van der Waals surface area contributed by atoms with Gasteiger partial charge < -0.3 is 10.2 Å². The summed E-state index contributed by atoms with van der Waals surface area (Å²) in [6, 6.07) is 0.373. The number of hydrogen-bond donors (Lipinski definition) is 1. The second-order valence-electron chi connectivity index (χ2n) is 5.07. The van der Waals surface area contributed by atoms with Crippen LogP contribution in [0.3, 0.4) is 0 Å². The molecule has 2 rings (SSSR count). The Labute approximate surface area is 124 Å². The SMILES string of the molecule is CCCC(Nc1ncnc(Cl)n1)C1CCN(OC)CC1. The molecule has 6 nitrogen and oxygen atoms in total. The summed E-state index contributed by atoms with van der Waals surface area (Å²) in [6.45, 7) is 4.14. The molecule has 0 spiro atoms. The van der Waals surface area contributed by atoms with Gasteiger partial charge in [0.25, 0.3) is 0 Å². The lowest BCUT2D eigenvalue weighted by atomic mass is 9.87. The molecule has 2 heterocycles. The number of halogens is 1. The van der Waals surface area contributed by atoms with E-state index in [0.29, 0.717) is 17.9 Å². The van der Waals surface area contributed by atoms with Gasteiger partial charge in [-0.2, -0.15) is 10.0 Å². The highest BCUT2D eigenvalue weighted by atomic mass is 35.5. The van der Waals surface area contributed by atoms with Crippen LogP contribution in [0.2, 0.25) is 5.28 Å². The minimum absolute atomic E-state index is 0.229. The van der Waals surface area contributed by atoms with E-state index in [1.165, 1.54) is 6.33 Å². The highest BCUT2D eigenvalue weighted by molar-refractivity contribution is 6.28. The van der Waals surface area contributed by atoms with E-state index in [-0.39, 0.29) is 5.28 Å². The zero-order valence-corrected chi connectivity index (χ0v) is 12.8. The molecule has 0 amide bonds. The molecule has 0 aromatic carbocycles. The minimum Gasteiger partial charge on any atom is -0.351 e. The first-order valence-corrected chi connectivity index (χ1v) is 7.50. The third-order valence-corrected chi connectivity index (χ3v) is 3.96. The molecule has 1 aromatic rings. The van der Waals surface area contributed by atoms with Crippen LogP contribution in [0.25, 0.3) is 0 Å². The topological polar surface area (TPSA) is 63.2 Å². The summed E-state index contributed by atoms with van der Waals surface area (Å²) < 4.78 is 0. The second kappa shape index (κ2) is 7.71. The van der Waals surface area contributed by atoms with Crippen LogP contribution >= 0.6 is 11.6 Å². The van der Waals surface area contributed by atoms with Gasteiger partial charge in [0, 0.05) is 19.1 Å². The average molecular weight is 300 g/mol. The third kappa shape index (κ3) is 4.26. The number of piperidine rings is 1. The van der Waals surface area contributed by atoms with Gasteiger partial charge in [-0.15, -0.1) is 0 Å². The van der Waals surface area contributed by atoms with Crippen LogP contribution in [-0.4, -0.2) is 46.3 Å². The molecule has 112 valence electrons. The molecular formula is C13H22ClN5O. The van der Waals surface area contributed by atoms with Crippen molar-refractivity contribution in [3.8, 4) is 0 Å². The molecule has 1 aromatic heterocycles. The standard InChI is InChI=1S/C13H22ClN5O/c1-3-4-11(10-5-7-19(20-2)8-6-10)17-13-16-9-15-12(14)18-13/h9-11H,3-8H2,1-2H3,(H,15,16,17,18). The minimum atomic E-state index is 0.229. The van der Waals surface area contributed by atoms with Gasteiger partial charge in [-0.1, -0.05) is 13.3 Å². The number of nitrogens with one attached hydrogen (secondary N) is 1. The number of aromatic nitrogens is 3. The van der Waals surface area contributed by atoms with Gasteiger partial charge in [0.1, 0.15) is 6.33 Å². The van der Waals surface area contributed by atoms with Crippen LogP contribution in [0.4, 0.5) is 5.95 Å². The Kier molecular flexibility index (Phi) is 5.94. The smallest absolute Gasteiger partial charge is 0.227 e. The fraction of sp³-hybridized carbons (Fsp3) is 0.769. The molecule has 1 saturated heterocycles. The van der Waals surface area contributed by atoms with Crippen molar-refractivity contribution in [1.29, 1.82) is 0 Å². The monoisotopic (exact) mass is 299 g/mol. The number of hydroxylamine groups is 2.